The van der Waals surface area contributed by atoms with Crippen LogP contribution in [-0.2, 0) is 4.79 Å². The minimum Gasteiger partial charge on any atom is -0.454 e. The number of aromatic nitrogens is 2. The van der Waals surface area contributed by atoms with Crippen molar-refractivity contribution in [2.45, 2.75) is 12.3 Å². The molecule has 1 unspecified atom stereocenters. The van der Waals surface area contributed by atoms with Crippen molar-refractivity contribution in [3.8, 4) is 28.6 Å². The van der Waals surface area contributed by atoms with Crippen molar-refractivity contribution in [1.29, 1.82) is 0 Å². The maximum atomic E-state index is 12.1. The van der Waals surface area contributed by atoms with Crippen molar-refractivity contribution in [3.05, 3.63) is 63.7 Å². The van der Waals surface area contributed by atoms with Crippen LogP contribution in [0.2, 0.25) is 0 Å². The van der Waals surface area contributed by atoms with Crippen molar-refractivity contribution < 1.29 is 23.9 Å². The molecule has 3 heterocycles. The number of nitrogens with one attached hydrogen (secondary N) is 1. The van der Waals surface area contributed by atoms with E-state index in [0.717, 1.165) is 5.56 Å². The molecule has 28 heavy (non-hydrogen) atoms. The number of non-ortho nitro benzene ring substituents is 1. The summed E-state index contributed by atoms with van der Waals surface area (Å²) in [5.41, 5.74) is 2.66. The van der Waals surface area contributed by atoms with E-state index in [9.17, 15) is 14.9 Å². The number of nitrogens with zero attached hydrogens (tertiary/aromatic N) is 2. The van der Waals surface area contributed by atoms with Gasteiger partial charge in [-0.3, -0.25) is 20.0 Å². The lowest BCUT2D eigenvalue weighted by atomic mass is 9.85. The molecule has 9 nitrogen and oxygen atoms in total. The van der Waals surface area contributed by atoms with Crippen molar-refractivity contribution in [3.63, 3.8) is 0 Å². The Kier molecular flexibility index (Phi) is 3.54. The van der Waals surface area contributed by atoms with Gasteiger partial charge >= 0.3 is 5.97 Å². The second kappa shape index (κ2) is 6.08. The first-order valence-corrected chi connectivity index (χ1v) is 8.53. The molecule has 2 aliphatic heterocycles. The number of esters is 1. The Hall–Kier alpha value is -3.88. The fourth-order valence-electron chi connectivity index (χ4n) is 3.56. The fraction of sp³-hybridized carbons (Fsp3) is 0.158. The highest BCUT2D eigenvalue weighted by Gasteiger charge is 2.35. The van der Waals surface area contributed by atoms with Gasteiger partial charge in [0.1, 0.15) is 0 Å². The number of benzene rings is 2. The van der Waals surface area contributed by atoms with E-state index in [1.807, 2.05) is 12.1 Å². The van der Waals surface area contributed by atoms with Crippen molar-refractivity contribution in [1.82, 2.24) is 10.2 Å². The molecule has 9 heteroatoms. The zero-order valence-corrected chi connectivity index (χ0v) is 14.4. The first-order valence-electron chi connectivity index (χ1n) is 8.53. The van der Waals surface area contributed by atoms with Crippen LogP contribution in [0, 0.1) is 10.1 Å². The highest BCUT2D eigenvalue weighted by atomic mass is 16.7. The number of carbonyl (C=O) groups is 1. The van der Waals surface area contributed by atoms with Crippen LogP contribution in [0.5, 0.6) is 17.4 Å². The normalized spacial score (nSPS) is 17.1. The van der Waals surface area contributed by atoms with Gasteiger partial charge in [-0.05, 0) is 17.7 Å². The lowest BCUT2D eigenvalue weighted by Gasteiger charge is -2.22. The van der Waals surface area contributed by atoms with Crippen molar-refractivity contribution in [2.24, 2.45) is 0 Å². The molecule has 0 spiro atoms. The zero-order chi connectivity index (χ0) is 19.3. The number of nitro groups is 1. The quantitative estimate of drug-likeness (QED) is 0.422. The average molecular weight is 379 g/mol. The molecule has 0 bridgehead atoms. The summed E-state index contributed by atoms with van der Waals surface area (Å²) in [5.74, 6) is 0.707. The van der Waals surface area contributed by atoms with Gasteiger partial charge in [-0.1, -0.05) is 18.2 Å². The largest absolute Gasteiger partial charge is 0.454 e. The number of aromatic amines is 1. The Morgan fingerprint density at radius 3 is 2.86 bits per heavy atom. The molecule has 0 aliphatic carbocycles. The van der Waals surface area contributed by atoms with E-state index in [1.54, 1.807) is 18.2 Å². The molecule has 2 aliphatic rings. The van der Waals surface area contributed by atoms with Gasteiger partial charge in [-0.2, -0.15) is 0 Å². The van der Waals surface area contributed by atoms with Gasteiger partial charge < -0.3 is 14.2 Å². The molecule has 0 amide bonds. The van der Waals surface area contributed by atoms with Gasteiger partial charge in [0.2, 0.25) is 12.7 Å². The number of nitro benzene ring substituents is 1. The second-order valence-corrected chi connectivity index (χ2v) is 6.47. The molecule has 0 radical (unpaired) electrons. The molecular formula is C19H13N3O6. The number of hydrogen-bond acceptors (Lipinski definition) is 7. The number of carbonyl (C=O) groups excluding carboxylic acids is 1. The highest BCUT2D eigenvalue weighted by molar-refractivity contribution is 5.80. The minimum atomic E-state index is -0.457. The molecule has 0 saturated carbocycles. The lowest BCUT2D eigenvalue weighted by molar-refractivity contribution is -0.384. The summed E-state index contributed by atoms with van der Waals surface area (Å²) < 4.78 is 16.1. The third kappa shape index (κ3) is 2.56. The Balaban J connectivity index is 1.64. The van der Waals surface area contributed by atoms with Gasteiger partial charge in [-0.15, -0.1) is 5.10 Å². The molecule has 0 saturated heterocycles. The zero-order valence-electron chi connectivity index (χ0n) is 14.4. The van der Waals surface area contributed by atoms with Crippen molar-refractivity contribution >= 4 is 11.7 Å². The number of hydrogen-bond donors (Lipinski definition) is 1. The smallest absolute Gasteiger partial charge is 0.313 e. The second-order valence-electron chi connectivity index (χ2n) is 6.47. The van der Waals surface area contributed by atoms with Crippen LogP contribution in [0.25, 0.3) is 11.3 Å². The maximum Gasteiger partial charge on any atom is 0.313 e. The fourth-order valence-corrected chi connectivity index (χ4v) is 3.56. The predicted octanol–water partition coefficient (Wildman–Crippen LogP) is 3.15. The first kappa shape index (κ1) is 16.3. The van der Waals surface area contributed by atoms with Crippen molar-refractivity contribution in [2.75, 3.05) is 6.79 Å². The molecule has 140 valence electrons. The summed E-state index contributed by atoms with van der Waals surface area (Å²) in [6.07, 6.45) is 0.119. The van der Waals surface area contributed by atoms with E-state index in [4.69, 9.17) is 14.2 Å². The van der Waals surface area contributed by atoms with E-state index < -0.39 is 10.9 Å². The highest BCUT2D eigenvalue weighted by Crippen LogP contribution is 2.45. The molecule has 1 N–H and O–H groups in total. The Labute approximate surface area is 158 Å². The minimum absolute atomic E-state index is 0.0340. The van der Waals surface area contributed by atoms with E-state index in [2.05, 4.69) is 10.2 Å². The molecule has 1 aromatic heterocycles. The molecule has 5 rings (SSSR count). The van der Waals surface area contributed by atoms with Crippen LogP contribution in [0.1, 0.15) is 23.5 Å². The number of ether oxygens (including phenoxy) is 3. The third-order valence-electron chi connectivity index (χ3n) is 4.84. The predicted molar refractivity (Wildman–Crippen MR) is 95.3 cm³/mol. The number of fused-ring (bicyclic) bond motifs is 2. The average Bonchev–Trinajstić information content (AvgIpc) is 3.33. The van der Waals surface area contributed by atoms with Gasteiger partial charge in [0.05, 0.1) is 22.6 Å². The summed E-state index contributed by atoms with van der Waals surface area (Å²) in [5, 5.41) is 18.1. The first-order chi connectivity index (χ1) is 13.6. The van der Waals surface area contributed by atoms with Crippen LogP contribution in [-0.4, -0.2) is 27.9 Å². The molecular weight excluding hydrogens is 366 g/mol. The third-order valence-corrected chi connectivity index (χ3v) is 4.84. The van der Waals surface area contributed by atoms with Gasteiger partial charge in [-0.25, -0.2) is 0 Å². The van der Waals surface area contributed by atoms with Crippen LogP contribution < -0.4 is 14.2 Å². The van der Waals surface area contributed by atoms with E-state index in [0.29, 0.717) is 28.3 Å². The maximum absolute atomic E-state index is 12.1. The van der Waals surface area contributed by atoms with E-state index >= 15 is 0 Å². The van der Waals surface area contributed by atoms with Crippen LogP contribution in [0.15, 0.2) is 42.5 Å². The number of H-pyrrole nitrogens is 1. The Bertz CT molecular complexity index is 1120. The van der Waals surface area contributed by atoms with Gasteiger partial charge in [0.15, 0.2) is 11.5 Å². The molecule has 3 aromatic rings. The van der Waals surface area contributed by atoms with Gasteiger partial charge in [0.25, 0.3) is 5.69 Å². The van der Waals surface area contributed by atoms with Gasteiger partial charge in [0, 0.05) is 23.6 Å². The van der Waals surface area contributed by atoms with Crippen LogP contribution in [0.4, 0.5) is 5.69 Å². The summed E-state index contributed by atoms with van der Waals surface area (Å²) in [4.78, 5) is 22.8. The standard InChI is InChI=1S/C19H13N3O6/c23-16-8-13(10-4-5-14-15(7-10)27-9-26-14)17-18(20-21-19(17)28-16)11-2-1-3-12(6-11)22(24)25/h1-7,13H,8-9H2,(H,20,21). The summed E-state index contributed by atoms with van der Waals surface area (Å²) in [6, 6.07) is 11.7. The Morgan fingerprint density at radius 2 is 2.00 bits per heavy atom. The van der Waals surface area contributed by atoms with Crippen LogP contribution in [0.3, 0.4) is 0 Å². The van der Waals surface area contributed by atoms with Crippen LogP contribution >= 0.6 is 0 Å². The molecule has 0 fully saturated rings. The monoisotopic (exact) mass is 379 g/mol. The summed E-state index contributed by atoms with van der Waals surface area (Å²) in [6.45, 7) is 0.154. The summed E-state index contributed by atoms with van der Waals surface area (Å²) in [7, 11) is 0. The van der Waals surface area contributed by atoms with E-state index in [1.165, 1.54) is 12.1 Å². The lowest BCUT2D eigenvalue weighted by Crippen LogP contribution is -2.20. The topological polar surface area (TPSA) is 117 Å². The molecule has 1 atom stereocenters. The summed E-state index contributed by atoms with van der Waals surface area (Å²) >= 11 is 0. The number of rotatable bonds is 3. The van der Waals surface area contributed by atoms with E-state index in [-0.39, 0.29) is 30.7 Å². The SMILES string of the molecule is O=C1CC(c2ccc3c(c2)OCO3)c2c(n[nH]c2-c2cccc([N+](=O)[O-])c2)O1. The molecule has 2 aromatic carbocycles. The Morgan fingerprint density at radius 1 is 1.14 bits per heavy atom.